The molecule has 1 unspecified atom stereocenters. The van der Waals surface area contributed by atoms with Gasteiger partial charge >= 0.3 is 0 Å². The van der Waals surface area contributed by atoms with E-state index in [1.54, 1.807) is 7.11 Å². The quantitative estimate of drug-likeness (QED) is 0.719. The van der Waals surface area contributed by atoms with Gasteiger partial charge in [-0.3, -0.25) is 0 Å². The van der Waals surface area contributed by atoms with Crippen LogP contribution in [-0.4, -0.2) is 42.5 Å². The van der Waals surface area contributed by atoms with E-state index in [9.17, 15) is 0 Å². The predicted octanol–water partition coefficient (Wildman–Crippen LogP) is 1.90. The Balaban J connectivity index is 1.72. The Morgan fingerprint density at radius 1 is 1.61 bits per heavy atom. The molecule has 18 heavy (non-hydrogen) atoms. The van der Waals surface area contributed by atoms with E-state index in [4.69, 9.17) is 9.47 Å². The number of imidazole rings is 1. The SMILES string of the molecule is COCCCNc1nccn1CCC1CCCO1. The number of nitrogens with one attached hydrogen (secondary N) is 1. The molecule has 1 aliphatic rings. The number of nitrogens with zero attached hydrogens (tertiary/aromatic N) is 2. The van der Waals surface area contributed by atoms with Gasteiger partial charge in [-0.05, 0) is 25.7 Å². The van der Waals surface area contributed by atoms with Crippen molar-refractivity contribution in [2.45, 2.75) is 38.3 Å². The molecule has 2 rings (SSSR count). The minimum absolute atomic E-state index is 0.439. The highest BCUT2D eigenvalue weighted by atomic mass is 16.5. The fraction of sp³-hybridized carbons (Fsp3) is 0.769. The lowest BCUT2D eigenvalue weighted by Gasteiger charge is -2.12. The number of aromatic nitrogens is 2. The number of hydrogen-bond acceptors (Lipinski definition) is 4. The molecule has 0 radical (unpaired) electrons. The lowest BCUT2D eigenvalue weighted by atomic mass is 10.2. The molecule has 1 N–H and O–H groups in total. The maximum Gasteiger partial charge on any atom is 0.202 e. The first-order valence-corrected chi connectivity index (χ1v) is 6.75. The Bertz CT molecular complexity index is 335. The summed E-state index contributed by atoms with van der Waals surface area (Å²) in [4.78, 5) is 4.33. The average molecular weight is 253 g/mol. The summed E-state index contributed by atoms with van der Waals surface area (Å²) >= 11 is 0. The summed E-state index contributed by atoms with van der Waals surface area (Å²) in [7, 11) is 1.72. The average Bonchev–Trinajstić information content (AvgIpc) is 3.03. The smallest absolute Gasteiger partial charge is 0.202 e. The topological polar surface area (TPSA) is 48.3 Å². The highest BCUT2D eigenvalue weighted by Gasteiger charge is 2.15. The van der Waals surface area contributed by atoms with Gasteiger partial charge in [0.2, 0.25) is 5.95 Å². The number of anilines is 1. The zero-order valence-corrected chi connectivity index (χ0v) is 11.1. The van der Waals surface area contributed by atoms with Crippen LogP contribution in [0.3, 0.4) is 0 Å². The summed E-state index contributed by atoms with van der Waals surface area (Å²) in [6.45, 7) is 3.57. The van der Waals surface area contributed by atoms with Gasteiger partial charge in [-0.1, -0.05) is 0 Å². The van der Waals surface area contributed by atoms with Crippen molar-refractivity contribution in [3.63, 3.8) is 0 Å². The lowest BCUT2D eigenvalue weighted by Crippen LogP contribution is -2.13. The van der Waals surface area contributed by atoms with Crippen LogP contribution in [0.2, 0.25) is 0 Å². The summed E-state index contributed by atoms with van der Waals surface area (Å²) in [6.07, 6.45) is 8.77. The van der Waals surface area contributed by atoms with Crippen molar-refractivity contribution < 1.29 is 9.47 Å². The Hall–Kier alpha value is -1.07. The molecule has 1 aliphatic heterocycles. The van der Waals surface area contributed by atoms with Crippen LogP contribution >= 0.6 is 0 Å². The van der Waals surface area contributed by atoms with Crippen molar-refractivity contribution >= 4 is 5.95 Å². The molecule has 5 nitrogen and oxygen atoms in total. The van der Waals surface area contributed by atoms with Gasteiger partial charge in [0.25, 0.3) is 0 Å². The van der Waals surface area contributed by atoms with Crippen LogP contribution in [-0.2, 0) is 16.0 Å². The maximum atomic E-state index is 5.63. The second-order valence-corrected chi connectivity index (χ2v) is 4.64. The molecule has 5 heteroatoms. The van der Waals surface area contributed by atoms with Crippen LogP contribution in [0.5, 0.6) is 0 Å². The van der Waals surface area contributed by atoms with E-state index in [1.807, 2.05) is 12.4 Å². The van der Waals surface area contributed by atoms with Crippen LogP contribution in [0.15, 0.2) is 12.4 Å². The number of aryl methyl sites for hydroxylation is 1. The molecule has 1 aromatic rings. The monoisotopic (exact) mass is 253 g/mol. The molecule has 0 spiro atoms. The van der Waals surface area contributed by atoms with E-state index < -0.39 is 0 Å². The normalized spacial score (nSPS) is 19.3. The molecule has 1 aromatic heterocycles. The molecule has 102 valence electrons. The van der Waals surface area contributed by atoms with Crippen LogP contribution in [0, 0.1) is 0 Å². The molecule has 0 saturated carbocycles. The van der Waals surface area contributed by atoms with E-state index in [2.05, 4.69) is 14.9 Å². The van der Waals surface area contributed by atoms with Crippen molar-refractivity contribution in [2.24, 2.45) is 0 Å². The molecular weight excluding hydrogens is 230 g/mol. The van der Waals surface area contributed by atoms with Crippen LogP contribution in [0.1, 0.15) is 25.7 Å². The second kappa shape index (κ2) is 7.38. The van der Waals surface area contributed by atoms with Crippen LogP contribution in [0.4, 0.5) is 5.95 Å². The zero-order valence-electron chi connectivity index (χ0n) is 11.1. The molecule has 0 aromatic carbocycles. The van der Waals surface area contributed by atoms with Gasteiger partial charge in [0.15, 0.2) is 0 Å². The van der Waals surface area contributed by atoms with Crippen LogP contribution < -0.4 is 5.32 Å². The standard InChI is InChI=1S/C13H23N3O2/c1-17-10-3-6-14-13-15-7-9-16(13)8-5-12-4-2-11-18-12/h7,9,12H,2-6,8,10-11H2,1H3,(H,14,15). The Morgan fingerprint density at radius 2 is 2.56 bits per heavy atom. The first kappa shape index (κ1) is 13.4. The van der Waals surface area contributed by atoms with Crippen molar-refractivity contribution in [3.8, 4) is 0 Å². The van der Waals surface area contributed by atoms with Gasteiger partial charge in [0.1, 0.15) is 0 Å². The van der Waals surface area contributed by atoms with Gasteiger partial charge < -0.3 is 19.4 Å². The minimum atomic E-state index is 0.439. The molecule has 1 fully saturated rings. The third-order valence-corrected chi connectivity index (χ3v) is 3.24. The van der Waals surface area contributed by atoms with Gasteiger partial charge in [0, 0.05) is 45.8 Å². The number of methoxy groups -OCH3 is 1. The van der Waals surface area contributed by atoms with Crippen molar-refractivity contribution in [1.29, 1.82) is 0 Å². The third-order valence-electron chi connectivity index (χ3n) is 3.24. The van der Waals surface area contributed by atoms with Crippen molar-refractivity contribution in [2.75, 3.05) is 32.2 Å². The lowest BCUT2D eigenvalue weighted by molar-refractivity contribution is 0.100. The van der Waals surface area contributed by atoms with Crippen molar-refractivity contribution in [3.05, 3.63) is 12.4 Å². The maximum absolute atomic E-state index is 5.63. The molecule has 0 amide bonds. The first-order chi connectivity index (χ1) is 8.90. The summed E-state index contributed by atoms with van der Waals surface area (Å²) < 4.78 is 12.8. The predicted molar refractivity (Wildman–Crippen MR) is 70.8 cm³/mol. The Labute approximate surface area is 108 Å². The molecule has 2 heterocycles. The highest BCUT2D eigenvalue weighted by molar-refractivity contribution is 5.25. The van der Waals surface area contributed by atoms with Gasteiger partial charge in [-0.15, -0.1) is 0 Å². The summed E-state index contributed by atoms with van der Waals surface area (Å²) in [6, 6.07) is 0. The summed E-state index contributed by atoms with van der Waals surface area (Å²) in [5.74, 6) is 0.948. The zero-order chi connectivity index (χ0) is 12.6. The van der Waals surface area contributed by atoms with Gasteiger partial charge in [-0.2, -0.15) is 0 Å². The molecule has 1 saturated heterocycles. The third kappa shape index (κ3) is 3.99. The molecule has 1 atom stereocenters. The van der Waals surface area contributed by atoms with Gasteiger partial charge in [0.05, 0.1) is 6.10 Å². The second-order valence-electron chi connectivity index (χ2n) is 4.64. The first-order valence-electron chi connectivity index (χ1n) is 6.75. The Morgan fingerprint density at radius 3 is 3.33 bits per heavy atom. The number of rotatable bonds is 8. The highest BCUT2D eigenvalue weighted by Crippen LogP contribution is 2.17. The van der Waals surface area contributed by atoms with E-state index in [1.165, 1.54) is 12.8 Å². The summed E-state index contributed by atoms with van der Waals surface area (Å²) in [5.41, 5.74) is 0. The minimum Gasteiger partial charge on any atom is -0.385 e. The van der Waals surface area contributed by atoms with Gasteiger partial charge in [-0.25, -0.2) is 4.98 Å². The Kier molecular flexibility index (Phi) is 5.48. The molecular formula is C13H23N3O2. The summed E-state index contributed by atoms with van der Waals surface area (Å²) in [5, 5.41) is 3.33. The van der Waals surface area contributed by atoms with E-state index in [0.717, 1.165) is 45.1 Å². The fourth-order valence-electron chi connectivity index (χ4n) is 2.23. The molecule has 0 aliphatic carbocycles. The van der Waals surface area contributed by atoms with E-state index in [-0.39, 0.29) is 0 Å². The number of ether oxygens (including phenoxy) is 2. The van der Waals surface area contributed by atoms with Crippen molar-refractivity contribution in [1.82, 2.24) is 9.55 Å². The fourth-order valence-corrected chi connectivity index (χ4v) is 2.23. The van der Waals surface area contributed by atoms with Crippen LogP contribution in [0.25, 0.3) is 0 Å². The largest absolute Gasteiger partial charge is 0.385 e. The number of hydrogen-bond donors (Lipinski definition) is 1. The molecule has 0 bridgehead atoms. The van der Waals surface area contributed by atoms with E-state index in [0.29, 0.717) is 6.10 Å². The van der Waals surface area contributed by atoms with E-state index >= 15 is 0 Å².